The molecule has 2 aromatic heterocycles. The van der Waals surface area contributed by atoms with Gasteiger partial charge in [-0.2, -0.15) is 5.10 Å². The maximum atomic E-state index is 12.2. The standard InChI is InChI=1S/C18H24N4O2S/c1-21-16(5-8-20-21)17(23)19-7-4-14-6-9-24-18(14)12-22(13-18)11-15-3-2-10-25-15/h2-3,5,8,10,14H,4,6-7,9,11-13H2,1H3,(H,19,23)/t14-/m0/s1. The molecular weight excluding hydrogens is 336 g/mol. The van der Waals surface area contributed by atoms with Crippen molar-refractivity contribution in [2.45, 2.75) is 25.0 Å². The summed E-state index contributed by atoms with van der Waals surface area (Å²) in [6.45, 7) is 4.56. The van der Waals surface area contributed by atoms with Gasteiger partial charge >= 0.3 is 0 Å². The fourth-order valence-corrected chi connectivity index (χ4v) is 4.78. The van der Waals surface area contributed by atoms with Crippen LogP contribution in [-0.2, 0) is 18.3 Å². The number of amides is 1. The van der Waals surface area contributed by atoms with Gasteiger partial charge < -0.3 is 10.1 Å². The maximum Gasteiger partial charge on any atom is 0.269 e. The van der Waals surface area contributed by atoms with Crippen molar-refractivity contribution < 1.29 is 9.53 Å². The lowest BCUT2D eigenvalue weighted by Crippen LogP contribution is -2.64. The Balaban J connectivity index is 1.25. The van der Waals surface area contributed by atoms with Gasteiger partial charge in [0.1, 0.15) is 5.69 Å². The summed E-state index contributed by atoms with van der Waals surface area (Å²) in [4.78, 5) is 16.0. The number of thiophene rings is 1. The van der Waals surface area contributed by atoms with Crippen LogP contribution in [0.25, 0.3) is 0 Å². The molecule has 0 aliphatic carbocycles. The number of nitrogens with zero attached hydrogens (tertiary/aromatic N) is 3. The van der Waals surface area contributed by atoms with Crippen molar-refractivity contribution in [2.75, 3.05) is 26.2 Å². The summed E-state index contributed by atoms with van der Waals surface area (Å²) in [5.41, 5.74) is 0.609. The summed E-state index contributed by atoms with van der Waals surface area (Å²) in [5, 5.41) is 9.19. The van der Waals surface area contributed by atoms with Gasteiger partial charge in [-0.3, -0.25) is 14.4 Å². The zero-order chi connectivity index (χ0) is 17.3. The molecule has 2 aromatic rings. The predicted molar refractivity (Wildman–Crippen MR) is 96.5 cm³/mol. The molecule has 4 heterocycles. The lowest BCUT2D eigenvalue weighted by atomic mass is 9.79. The zero-order valence-corrected chi connectivity index (χ0v) is 15.3. The minimum atomic E-state index is -0.0547. The van der Waals surface area contributed by atoms with E-state index in [2.05, 4.69) is 32.8 Å². The number of hydrogen-bond acceptors (Lipinski definition) is 5. The monoisotopic (exact) mass is 360 g/mol. The highest BCUT2D eigenvalue weighted by Gasteiger charge is 2.52. The molecule has 6 nitrogen and oxygen atoms in total. The van der Waals surface area contributed by atoms with Crippen LogP contribution in [0.4, 0.5) is 0 Å². The van der Waals surface area contributed by atoms with Crippen molar-refractivity contribution in [2.24, 2.45) is 13.0 Å². The predicted octanol–water partition coefficient (Wildman–Crippen LogP) is 1.89. The van der Waals surface area contributed by atoms with Gasteiger partial charge in [0, 0.05) is 50.9 Å². The third-order valence-corrected chi connectivity index (χ3v) is 6.23. The Kier molecular flexibility index (Phi) is 4.62. The molecule has 0 bridgehead atoms. The van der Waals surface area contributed by atoms with Gasteiger partial charge in [0.15, 0.2) is 0 Å². The fourth-order valence-electron chi connectivity index (χ4n) is 4.03. The Morgan fingerprint density at radius 3 is 3.08 bits per heavy atom. The molecule has 0 saturated carbocycles. The Morgan fingerprint density at radius 1 is 1.48 bits per heavy atom. The number of likely N-dealkylation sites (tertiary alicyclic amines) is 1. The molecule has 2 aliphatic rings. The van der Waals surface area contributed by atoms with Crippen LogP contribution in [0.15, 0.2) is 29.8 Å². The van der Waals surface area contributed by atoms with E-state index in [4.69, 9.17) is 4.74 Å². The van der Waals surface area contributed by atoms with E-state index < -0.39 is 0 Å². The van der Waals surface area contributed by atoms with Gasteiger partial charge in [-0.15, -0.1) is 11.3 Å². The van der Waals surface area contributed by atoms with E-state index in [1.165, 1.54) is 4.88 Å². The SMILES string of the molecule is Cn1nccc1C(=O)NCC[C@H]1CCOC12CN(Cc1cccs1)C2. The molecule has 2 saturated heterocycles. The number of rotatable bonds is 6. The number of carbonyl (C=O) groups excluding carboxylic acids is 1. The average Bonchev–Trinajstić information content (AvgIpc) is 3.28. The molecule has 0 unspecified atom stereocenters. The summed E-state index contributed by atoms with van der Waals surface area (Å²) >= 11 is 1.81. The van der Waals surface area contributed by atoms with Crippen LogP contribution in [0.1, 0.15) is 28.2 Å². The first-order valence-corrected chi connectivity index (χ1v) is 9.69. The molecule has 1 spiro atoms. The first-order valence-electron chi connectivity index (χ1n) is 8.81. The first kappa shape index (κ1) is 16.8. The van der Waals surface area contributed by atoms with E-state index in [0.29, 0.717) is 18.2 Å². The molecular formula is C18H24N4O2S. The van der Waals surface area contributed by atoms with Crippen LogP contribution in [0.5, 0.6) is 0 Å². The van der Waals surface area contributed by atoms with Crippen LogP contribution in [-0.4, -0.2) is 52.4 Å². The summed E-state index contributed by atoms with van der Waals surface area (Å²) in [6.07, 6.45) is 3.70. The molecule has 4 rings (SSSR count). The highest BCUT2D eigenvalue weighted by Crippen LogP contribution is 2.42. The van der Waals surface area contributed by atoms with Gasteiger partial charge in [-0.1, -0.05) is 6.07 Å². The maximum absolute atomic E-state index is 12.2. The minimum absolute atomic E-state index is 0.00845. The number of nitrogens with one attached hydrogen (secondary N) is 1. The second-order valence-electron chi connectivity index (χ2n) is 7.01. The van der Waals surface area contributed by atoms with Crippen LogP contribution in [0, 0.1) is 5.92 Å². The molecule has 0 aromatic carbocycles. The molecule has 2 fully saturated rings. The van der Waals surface area contributed by atoms with Crippen LogP contribution < -0.4 is 5.32 Å². The molecule has 25 heavy (non-hydrogen) atoms. The summed E-state index contributed by atoms with van der Waals surface area (Å²) in [5.74, 6) is 0.472. The smallest absolute Gasteiger partial charge is 0.269 e. The third-order valence-electron chi connectivity index (χ3n) is 5.37. The van der Waals surface area contributed by atoms with Gasteiger partial charge in [0.2, 0.25) is 0 Å². The number of aromatic nitrogens is 2. The molecule has 1 N–H and O–H groups in total. The highest BCUT2D eigenvalue weighted by molar-refractivity contribution is 7.09. The molecule has 2 aliphatic heterocycles. The van der Waals surface area contributed by atoms with Gasteiger partial charge in [0.05, 0.1) is 5.60 Å². The van der Waals surface area contributed by atoms with Crippen LogP contribution in [0.3, 0.4) is 0 Å². The van der Waals surface area contributed by atoms with Crippen molar-refractivity contribution in [3.63, 3.8) is 0 Å². The molecule has 1 amide bonds. The van der Waals surface area contributed by atoms with Gasteiger partial charge in [0.25, 0.3) is 5.91 Å². The Hall–Kier alpha value is -1.70. The minimum Gasteiger partial charge on any atom is -0.372 e. The normalized spacial score (nSPS) is 22.2. The second-order valence-corrected chi connectivity index (χ2v) is 8.04. The lowest BCUT2D eigenvalue weighted by molar-refractivity contribution is -0.136. The van der Waals surface area contributed by atoms with Gasteiger partial charge in [-0.25, -0.2) is 0 Å². The van der Waals surface area contributed by atoms with Crippen LogP contribution >= 0.6 is 11.3 Å². The van der Waals surface area contributed by atoms with Crippen molar-refractivity contribution in [1.82, 2.24) is 20.0 Å². The number of hydrogen-bond donors (Lipinski definition) is 1. The van der Waals surface area contributed by atoms with E-state index >= 15 is 0 Å². The van der Waals surface area contributed by atoms with Crippen molar-refractivity contribution in [3.05, 3.63) is 40.3 Å². The van der Waals surface area contributed by atoms with E-state index in [0.717, 1.165) is 39.1 Å². The quantitative estimate of drug-likeness (QED) is 0.855. The number of ether oxygens (including phenoxy) is 1. The van der Waals surface area contributed by atoms with Crippen molar-refractivity contribution in [3.8, 4) is 0 Å². The second kappa shape index (κ2) is 6.90. The highest BCUT2D eigenvalue weighted by atomic mass is 32.1. The van der Waals surface area contributed by atoms with Crippen molar-refractivity contribution >= 4 is 17.2 Å². The Labute approximate surface area is 151 Å². The van der Waals surface area contributed by atoms with E-state index in [1.807, 2.05) is 11.3 Å². The van der Waals surface area contributed by atoms with E-state index in [1.54, 1.807) is 24.0 Å². The van der Waals surface area contributed by atoms with E-state index in [-0.39, 0.29) is 11.5 Å². The summed E-state index contributed by atoms with van der Waals surface area (Å²) < 4.78 is 7.72. The largest absolute Gasteiger partial charge is 0.372 e. The molecule has 134 valence electrons. The van der Waals surface area contributed by atoms with Crippen LogP contribution in [0.2, 0.25) is 0 Å². The Morgan fingerprint density at radius 2 is 2.36 bits per heavy atom. The number of carbonyl (C=O) groups is 1. The first-order chi connectivity index (χ1) is 12.2. The lowest BCUT2D eigenvalue weighted by Gasteiger charge is -2.50. The van der Waals surface area contributed by atoms with Gasteiger partial charge in [-0.05, 0) is 36.3 Å². The molecule has 1 atom stereocenters. The van der Waals surface area contributed by atoms with E-state index in [9.17, 15) is 4.79 Å². The topological polar surface area (TPSA) is 59.4 Å². The molecule has 7 heteroatoms. The van der Waals surface area contributed by atoms with Crippen molar-refractivity contribution in [1.29, 1.82) is 0 Å². The zero-order valence-electron chi connectivity index (χ0n) is 14.5. The Bertz CT molecular complexity index is 721. The summed E-state index contributed by atoms with van der Waals surface area (Å²) in [7, 11) is 1.78. The fraction of sp³-hybridized carbons (Fsp3) is 0.556. The third kappa shape index (κ3) is 3.36. The summed E-state index contributed by atoms with van der Waals surface area (Å²) in [6, 6.07) is 6.04. The average molecular weight is 360 g/mol. The molecule has 0 radical (unpaired) electrons. The number of aryl methyl sites for hydroxylation is 1.